The van der Waals surface area contributed by atoms with Gasteiger partial charge in [-0.2, -0.15) is 0 Å². The second kappa shape index (κ2) is 7.06. The van der Waals surface area contributed by atoms with Gasteiger partial charge in [0.1, 0.15) is 5.82 Å². The molecule has 1 N–H and O–H groups in total. The lowest BCUT2D eigenvalue weighted by Crippen LogP contribution is -2.30. The second-order valence-corrected chi connectivity index (χ2v) is 4.80. The number of anilines is 1. The Morgan fingerprint density at radius 1 is 1.30 bits per heavy atom. The molecule has 1 amide bonds. The van der Waals surface area contributed by atoms with Crippen molar-refractivity contribution in [2.75, 3.05) is 18.1 Å². The van der Waals surface area contributed by atoms with E-state index in [9.17, 15) is 9.18 Å². The molecule has 0 saturated carbocycles. The normalized spacial score (nSPS) is 15.5. The van der Waals surface area contributed by atoms with Crippen LogP contribution in [0.3, 0.4) is 0 Å². The van der Waals surface area contributed by atoms with Gasteiger partial charge in [-0.05, 0) is 31.0 Å². The molecule has 0 radical (unpaired) electrons. The van der Waals surface area contributed by atoms with Crippen LogP contribution in [0.15, 0.2) is 18.2 Å². The molecule has 0 spiro atoms. The van der Waals surface area contributed by atoms with E-state index in [4.69, 9.17) is 5.11 Å². The van der Waals surface area contributed by atoms with E-state index < -0.39 is 5.82 Å². The maximum atomic E-state index is 13.7. The minimum atomic E-state index is -0.401. The molecule has 1 aliphatic heterocycles. The highest BCUT2D eigenvalue weighted by Crippen LogP contribution is 2.22. The zero-order chi connectivity index (χ0) is 14.4. The van der Waals surface area contributed by atoms with Crippen molar-refractivity contribution in [1.82, 2.24) is 0 Å². The number of halogens is 1. The Balaban J connectivity index is 2.26. The Hall–Kier alpha value is -1.86. The molecule has 0 aromatic heterocycles. The summed E-state index contributed by atoms with van der Waals surface area (Å²) in [5.41, 5.74) is 0.972. The van der Waals surface area contributed by atoms with Gasteiger partial charge in [-0.1, -0.05) is 18.3 Å². The summed E-state index contributed by atoms with van der Waals surface area (Å²) in [7, 11) is 0. The van der Waals surface area contributed by atoms with Crippen molar-refractivity contribution in [2.45, 2.75) is 32.1 Å². The summed E-state index contributed by atoms with van der Waals surface area (Å²) in [5, 5.41) is 8.69. The summed E-state index contributed by atoms with van der Waals surface area (Å²) in [4.78, 5) is 13.7. The average molecular weight is 275 g/mol. The van der Waals surface area contributed by atoms with Crippen molar-refractivity contribution >= 4 is 11.6 Å². The molecule has 1 fully saturated rings. The van der Waals surface area contributed by atoms with E-state index in [1.54, 1.807) is 17.0 Å². The van der Waals surface area contributed by atoms with Gasteiger partial charge in [-0.25, -0.2) is 4.39 Å². The van der Waals surface area contributed by atoms with Gasteiger partial charge >= 0.3 is 0 Å². The monoisotopic (exact) mass is 275 g/mol. The highest BCUT2D eigenvalue weighted by molar-refractivity contribution is 5.93. The molecular formula is C16H18FNO2. The summed E-state index contributed by atoms with van der Waals surface area (Å²) in [6, 6.07) is 4.58. The van der Waals surface area contributed by atoms with Crippen LogP contribution in [-0.2, 0) is 4.79 Å². The Kier molecular flexibility index (Phi) is 5.14. The molecule has 0 bridgehead atoms. The van der Waals surface area contributed by atoms with E-state index in [0.29, 0.717) is 25.1 Å². The number of rotatable bonds is 2. The van der Waals surface area contributed by atoms with Crippen LogP contribution < -0.4 is 4.90 Å². The Labute approximate surface area is 118 Å². The van der Waals surface area contributed by atoms with Crippen molar-refractivity contribution in [3.8, 4) is 11.8 Å². The third-order valence-electron chi connectivity index (χ3n) is 3.29. The van der Waals surface area contributed by atoms with Crippen LogP contribution in [-0.4, -0.2) is 24.2 Å². The number of aliphatic hydroxyl groups excluding tert-OH is 1. The predicted octanol–water partition coefficient (Wildman–Crippen LogP) is 2.47. The third kappa shape index (κ3) is 3.58. The van der Waals surface area contributed by atoms with Crippen LogP contribution in [0.4, 0.5) is 10.1 Å². The quantitative estimate of drug-likeness (QED) is 0.842. The fourth-order valence-corrected chi connectivity index (χ4v) is 2.25. The number of nitrogens with zero attached hydrogens (tertiary/aromatic N) is 1. The first-order valence-corrected chi connectivity index (χ1v) is 6.92. The number of hydrogen-bond acceptors (Lipinski definition) is 2. The summed E-state index contributed by atoms with van der Waals surface area (Å²) in [5.74, 6) is 5.09. The third-order valence-corrected chi connectivity index (χ3v) is 3.29. The van der Waals surface area contributed by atoms with Gasteiger partial charge < -0.3 is 10.0 Å². The van der Waals surface area contributed by atoms with E-state index in [1.165, 1.54) is 6.07 Å². The number of carbonyl (C=O) groups is 1. The molecule has 106 valence electrons. The van der Waals surface area contributed by atoms with Crippen molar-refractivity contribution in [3.63, 3.8) is 0 Å². The van der Waals surface area contributed by atoms with Gasteiger partial charge in [0.05, 0.1) is 12.2 Å². The van der Waals surface area contributed by atoms with Gasteiger partial charge in [-0.3, -0.25) is 4.79 Å². The van der Waals surface area contributed by atoms with E-state index in [-0.39, 0.29) is 18.1 Å². The molecule has 2 rings (SSSR count). The van der Waals surface area contributed by atoms with E-state index in [1.807, 2.05) is 0 Å². The highest BCUT2D eigenvalue weighted by atomic mass is 19.1. The smallest absolute Gasteiger partial charge is 0.226 e. The van der Waals surface area contributed by atoms with Crippen molar-refractivity contribution in [3.05, 3.63) is 29.6 Å². The van der Waals surface area contributed by atoms with Gasteiger partial charge in [0, 0.05) is 25.1 Å². The lowest BCUT2D eigenvalue weighted by atomic mass is 10.1. The standard InChI is InChI=1S/C16H18FNO2/c17-15-9-8-14(12-13(15)6-3-5-11-19)18-10-4-1-2-7-16(18)20/h8-9,12,19H,1-2,4-5,7,10-11H2. The first kappa shape index (κ1) is 14.5. The number of aliphatic hydroxyl groups is 1. The van der Waals surface area contributed by atoms with E-state index >= 15 is 0 Å². The summed E-state index contributed by atoms with van der Waals surface area (Å²) >= 11 is 0. The molecule has 0 aliphatic carbocycles. The highest BCUT2D eigenvalue weighted by Gasteiger charge is 2.18. The summed E-state index contributed by atoms with van der Waals surface area (Å²) in [6.07, 6.45) is 3.79. The second-order valence-electron chi connectivity index (χ2n) is 4.80. The largest absolute Gasteiger partial charge is 0.395 e. The molecule has 1 heterocycles. The maximum absolute atomic E-state index is 13.7. The van der Waals surface area contributed by atoms with Crippen LogP contribution in [0.2, 0.25) is 0 Å². The molecular weight excluding hydrogens is 257 g/mol. The zero-order valence-corrected chi connectivity index (χ0v) is 11.4. The zero-order valence-electron chi connectivity index (χ0n) is 11.4. The van der Waals surface area contributed by atoms with Gasteiger partial charge in [0.2, 0.25) is 5.91 Å². The molecule has 3 nitrogen and oxygen atoms in total. The van der Waals surface area contributed by atoms with Crippen molar-refractivity contribution < 1.29 is 14.3 Å². The Bertz CT molecular complexity index is 545. The molecule has 0 atom stereocenters. The van der Waals surface area contributed by atoms with Crippen LogP contribution in [0, 0.1) is 17.7 Å². The summed E-state index contributed by atoms with van der Waals surface area (Å²) in [6.45, 7) is 0.632. The number of carbonyl (C=O) groups excluding carboxylic acids is 1. The van der Waals surface area contributed by atoms with Gasteiger partial charge in [-0.15, -0.1) is 0 Å². The Morgan fingerprint density at radius 2 is 2.15 bits per heavy atom. The average Bonchev–Trinajstić information content (AvgIpc) is 2.66. The summed E-state index contributed by atoms with van der Waals surface area (Å²) < 4.78 is 13.7. The molecule has 1 saturated heterocycles. The topological polar surface area (TPSA) is 40.5 Å². The minimum absolute atomic E-state index is 0.0427. The van der Waals surface area contributed by atoms with Crippen molar-refractivity contribution in [2.24, 2.45) is 0 Å². The van der Waals surface area contributed by atoms with Crippen LogP contribution in [0.5, 0.6) is 0 Å². The Morgan fingerprint density at radius 3 is 2.95 bits per heavy atom. The van der Waals surface area contributed by atoms with Crippen molar-refractivity contribution in [1.29, 1.82) is 0 Å². The maximum Gasteiger partial charge on any atom is 0.226 e. The first-order valence-electron chi connectivity index (χ1n) is 6.92. The molecule has 4 heteroatoms. The minimum Gasteiger partial charge on any atom is -0.395 e. The van der Waals surface area contributed by atoms with Crippen LogP contribution in [0.1, 0.15) is 37.7 Å². The van der Waals surface area contributed by atoms with Gasteiger partial charge in [0.15, 0.2) is 0 Å². The number of benzene rings is 1. The molecule has 0 unspecified atom stereocenters. The molecule has 1 aliphatic rings. The fourth-order valence-electron chi connectivity index (χ4n) is 2.25. The lowest BCUT2D eigenvalue weighted by Gasteiger charge is -2.20. The lowest BCUT2D eigenvalue weighted by molar-refractivity contribution is -0.118. The predicted molar refractivity (Wildman–Crippen MR) is 75.8 cm³/mol. The molecule has 1 aromatic carbocycles. The van der Waals surface area contributed by atoms with E-state index in [0.717, 1.165) is 19.3 Å². The molecule has 20 heavy (non-hydrogen) atoms. The fraction of sp³-hybridized carbons (Fsp3) is 0.438. The SMILES string of the molecule is O=C1CCCCCN1c1ccc(F)c(C#CCCO)c1. The number of amides is 1. The first-order chi connectivity index (χ1) is 9.72. The van der Waals surface area contributed by atoms with Crippen LogP contribution >= 0.6 is 0 Å². The molecule has 1 aromatic rings. The number of hydrogen-bond donors (Lipinski definition) is 1. The van der Waals surface area contributed by atoms with E-state index in [2.05, 4.69) is 11.8 Å². The van der Waals surface area contributed by atoms with Crippen LogP contribution in [0.25, 0.3) is 0 Å². The van der Waals surface area contributed by atoms with Gasteiger partial charge in [0.25, 0.3) is 0 Å².